The van der Waals surface area contributed by atoms with E-state index in [4.69, 9.17) is 5.73 Å². The van der Waals surface area contributed by atoms with Crippen molar-refractivity contribution in [1.82, 2.24) is 9.97 Å². The number of hydrogen-bond donors (Lipinski definition) is 2. The van der Waals surface area contributed by atoms with Gasteiger partial charge in [0, 0.05) is 18.1 Å². The number of aryl methyl sites for hydroxylation is 1. The minimum Gasteiger partial charge on any atom is -0.398 e. The third-order valence-electron chi connectivity index (χ3n) is 2.72. The van der Waals surface area contributed by atoms with Crippen LogP contribution in [-0.2, 0) is 10.0 Å². The van der Waals surface area contributed by atoms with Crippen LogP contribution in [0.15, 0.2) is 35.6 Å². The van der Waals surface area contributed by atoms with Gasteiger partial charge in [-0.15, -0.1) is 0 Å². The molecule has 19 heavy (non-hydrogen) atoms. The standard InChI is InChI=1S/C12H14N4O2S/c1-8-3-4-10(13)9(2)12(8)19(17,18)16-11-7-14-5-6-15-11/h3-7H,13H2,1-2H3,(H,15,16). The Kier molecular flexibility index (Phi) is 3.39. The lowest BCUT2D eigenvalue weighted by Gasteiger charge is -2.13. The zero-order valence-corrected chi connectivity index (χ0v) is 11.4. The maximum absolute atomic E-state index is 12.4. The third kappa shape index (κ3) is 2.65. The average Bonchev–Trinajstić information content (AvgIpc) is 2.35. The average molecular weight is 278 g/mol. The van der Waals surface area contributed by atoms with Gasteiger partial charge in [0.05, 0.1) is 11.1 Å². The molecule has 7 heteroatoms. The molecule has 0 unspecified atom stereocenters. The minimum atomic E-state index is -3.73. The van der Waals surface area contributed by atoms with Crippen molar-refractivity contribution in [2.75, 3.05) is 10.5 Å². The minimum absolute atomic E-state index is 0.170. The van der Waals surface area contributed by atoms with Crippen LogP contribution in [0.25, 0.3) is 0 Å². The van der Waals surface area contributed by atoms with E-state index in [-0.39, 0.29) is 10.7 Å². The molecule has 0 atom stereocenters. The molecule has 6 nitrogen and oxygen atoms in total. The number of sulfonamides is 1. The van der Waals surface area contributed by atoms with Gasteiger partial charge < -0.3 is 5.73 Å². The van der Waals surface area contributed by atoms with Crippen molar-refractivity contribution in [1.29, 1.82) is 0 Å². The number of rotatable bonds is 3. The topological polar surface area (TPSA) is 98.0 Å². The van der Waals surface area contributed by atoms with E-state index in [1.165, 1.54) is 18.6 Å². The molecule has 0 fully saturated rings. The predicted molar refractivity (Wildman–Crippen MR) is 73.2 cm³/mol. The third-order valence-corrected chi connectivity index (χ3v) is 4.36. The molecule has 1 aromatic carbocycles. The molecule has 0 saturated carbocycles. The van der Waals surface area contributed by atoms with Crippen LogP contribution in [0.4, 0.5) is 11.5 Å². The second-order valence-corrected chi connectivity index (χ2v) is 5.74. The zero-order valence-electron chi connectivity index (χ0n) is 10.6. The van der Waals surface area contributed by atoms with Crippen molar-refractivity contribution in [2.45, 2.75) is 18.7 Å². The number of nitrogens with one attached hydrogen (secondary N) is 1. The predicted octanol–water partition coefficient (Wildman–Crippen LogP) is 1.48. The van der Waals surface area contributed by atoms with E-state index in [1.807, 2.05) is 0 Å². The second-order valence-electron chi connectivity index (χ2n) is 4.12. The molecular weight excluding hydrogens is 264 g/mol. The Labute approximate surface area is 111 Å². The highest BCUT2D eigenvalue weighted by atomic mass is 32.2. The summed E-state index contributed by atoms with van der Waals surface area (Å²) in [5.74, 6) is 0.170. The van der Waals surface area contributed by atoms with Crippen LogP contribution >= 0.6 is 0 Å². The van der Waals surface area contributed by atoms with Gasteiger partial charge in [-0.05, 0) is 31.0 Å². The summed E-state index contributed by atoms with van der Waals surface area (Å²) in [6.07, 6.45) is 4.22. The lowest BCUT2D eigenvalue weighted by atomic mass is 10.1. The highest BCUT2D eigenvalue weighted by molar-refractivity contribution is 7.92. The summed E-state index contributed by atoms with van der Waals surface area (Å²) in [5.41, 5.74) is 7.35. The summed E-state index contributed by atoms with van der Waals surface area (Å²) in [6, 6.07) is 3.36. The highest BCUT2D eigenvalue weighted by Crippen LogP contribution is 2.26. The van der Waals surface area contributed by atoms with Gasteiger partial charge in [0.2, 0.25) is 0 Å². The van der Waals surface area contributed by atoms with Gasteiger partial charge >= 0.3 is 0 Å². The molecule has 0 radical (unpaired) electrons. The summed E-state index contributed by atoms with van der Waals surface area (Å²) in [5, 5.41) is 0. The van der Waals surface area contributed by atoms with Crippen molar-refractivity contribution in [3.63, 3.8) is 0 Å². The number of nitrogens with two attached hydrogens (primary N) is 1. The molecule has 0 saturated heterocycles. The summed E-state index contributed by atoms with van der Waals surface area (Å²) >= 11 is 0. The monoisotopic (exact) mass is 278 g/mol. The molecule has 0 bridgehead atoms. The van der Waals surface area contributed by atoms with Crippen LogP contribution in [0, 0.1) is 13.8 Å². The summed E-state index contributed by atoms with van der Waals surface area (Å²) < 4.78 is 27.1. The molecule has 2 rings (SSSR count). The SMILES string of the molecule is Cc1ccc(N)c(C)c1S(=O)(=O)Nc1cnccn1. The van der Waals surface area contributed by atoms with Gasteiger partial charge in [-0.25, -0.2) is 13.4 Å². The zero-order chi connectivity index (χ0) is 14.0. The number of benzene rings is 1. The second kappa shape index (κ2) is 4.85. The van der Waals surface area contributed by atoms with Gasteiger partial charge in [-0.1, -0.05) is 6.07 Å². The Balaban J connectivity index is 2.49. The molecule has 0 spiro atoms. The largest absolute Gasteiger partial charge is 0.398 e. The van der Waals surface area contributed by atoms with E-state index < -0.39 is 10.0 Å². The van der Waals surface area contributed by atoms with Crippen LogP contribution in [0.5, 0.6) is 0 Å². The molecule has 2 aromatic rings. The molecule has 0 amide bonds. The van der Waals surface area contributed by atoms with Crippen LogP contribution in [0.3, 0.4) is 0 Å². The Morgan fingerprint density at radius 1 is 1.21 bits per heavy atom. The van der Waals surface area contributed by atoms with Gasteiger partial charge in [-0.2, -0.15) is 0 Å². The Morgan fingerprint density at radius 2 is 1.95 bits per heavy atom. The molecule has 3 N–H and O–H groups in total. The van der Waals surface area contributed by atoms with Crippen molar-refractivity contribution in [3.05, 3.63) is 41.9 Å². The van der Waals surface area contributed by atoms with Crippen LogP contribution in [0.2, 0.25) is 0 Å². The van der Waals surface area contributed by atoms with Gasteiger partial charge in [-0.3, -0.25) is 9.71 Å². The summed E-state index contributed by atoms with van der Waals surface area (Å²) in [7, 11) is -3.73. The molecule has 1 aromatic heterocycles. The van der Waals surface area contributed by atoms with E-state index in [1.54, 1.807) is 26.0 Å². The summed E-state index contributed by atoms with van der Waals surface area (Å²) in [4.78, 5) is 7.88. The van der Waals surface area contributed by atoms with Crippen molar-refractivity contribution in [2.24, 2.45) is 0 Å². The lowest BCUT2D eigenvalue weighted by Crippen LogP contribution is -2.17. The van der Waals surface area contributed by atoms with E-state index in [0.717, 1.165) is 0 Å². The normalized spacial score (nSPS) is 11.3. The number of hydrogen-bond acceptors (Lipinski definition) is 5. The summed E-state index contributed by atoms with van der Waals surface area (Å²) in [6.45, 7) is 3.39. The maximum atomic E-state index is 12.4. The molecule has 1 heterocycles. The first kappa shape index (κ1) is 13.3. The van der Waals surface area contributed by atoms with Gasteiger partial charge in [0.1, 0.15) is 0 Å². The lowest BCUT2D eigenvalue weighted by molar-refractivity contribution is 0.600. The smallest absolute Gasteiger partial charge is 0.263 e. The van der Waals surface area contributed by atoms with Gasteiger partial charge in [0.25, 0.3) is 10.0 Å². The quantitative estimate of drug-likeness (QED) is 0.829. The van der Waals surface area contributed by atoms with Crippen LogP contribution in [0.1, 0.15) is 11.1 Å². The van der Waals surface area contributed by atoms with E-state index in [2.05, 4.69) is 14.7 Å². The Bertz CT molecular complexity index is 699. The van der Waals surface area contributed by atoms with Crippen molar-refractivity contribution < 1.29 is 8.42 Å². The first-order valence-corrected chi connectivity index (χ1v) is 7.04. The molecule has 100 valence electrons. The Morgan fingerprint density at radius 3 is 2.58 bits per heavy atom. The number of aromatic nitrogens is 2. The maximum Gasteiger partial charge on any atom is 0.263 e. The highest BCUT2D eigenvalue weighted by Gasteiger charge is 2.21. The van der Waals surface area contributed by atoms with Crippen molar-refractivity contribution >= 4 is 21.5 Å². The number of nitrogens with zero attached hydrogens (tertiary/aromatic N) is 2. The van der Waals surface area contributed by atoms with Crippen LogP contribution in [-0.4, -0.2) is 18.4 Å². The molecule has 0 aliphatic heterocycles. The fourth-order valence-corrected chi connectivity index (χ4v) is 3.29. The first-order valence-electron chi connectivity index (χ1n) is 5.56. The van der Waals surface area contributed by atoms with E-state index in [0.29, 0.717) is 16.8 Å². The van der Waals surface area contributed by atoms with E-state index >= 15 is 0 Å². The number of anilines is 2. The molecule has 0 aliphatic rings. The molecular formula is C12H14N4O2S. The van der Waals surface area contributed by atoms with Gasteiger partial charge in [0.15, 0.2) is 5.82 Å². The Hall–Kier alpha value is -2.15. The fourth-order valence-electron chi connectivity index (χ4n) is 1.80. The first-order chi connectivity index (χ1) is 8.92. The van der Waals surface area contributed by atoms with Crippen LogP contribution < -0.4 is 10.5 Å². The fraction of sp³-hybridized carbons (Fsp3) is 0.167. The van der Waals surface area contributed by atoms with E-state index in [9.17, 15) is 8.42 Å². The van der Waals surface area contributed by atoms with Crippen molar-refractivity contribution in [3.8, 4) is 0 Å². The number of nitrogen functional groups attached to an aromatic ring is 1. The molecule has 0 aliphatic carbocycles.